The molecular formula is C25H21ClF10N2O2. The van der Waals surface area contributed by atoms with E-state index in [0.717, 1.165) is 19.1 Å². The summed E-state index contributed by atoms with van der Waals surface area (Å²) in [5, 5.41) is 3.43. The lowest BCUT2D eigenvalue weighted by Crippen LogP contribution is -2.47. The highest BCUT2D eigenvalue weighted by Crippen LogP contribution is 2.41. The van der Waals surface area contributed by atoms with E-state index in [4.69, 9.17) is 11.6 Å². The first-order chi connectivity index (χ1) is 18.1. The Morgan fingerprint density at radius 2 is 1.50 bits per heavy atom. The monoisotopic (exact) mass is 606 g/mol. The summed E-state index contributed by atoms with van der Waals surface area (Å²) in [7, 11) is 0. The van der Waals surface area contributed by atoms with Crippen LogP contribution < -0.4 is 10.6 Å². The van der Waals surface area contributed by atoms with Gasteiger partial charge < -0.3 is 10.6 Å². The predicted molar refractivity (Wildman–Crippen MR) is 126 cm³/mol. The molecule has 2 aromatic carbocycles. The first-order valence-electron chi connectivity index (χ1n) is 11.2. The minimum absolute atomic E-state index is 0.0877. The van der Waals surface area contributed by atoms with E-state index in [2.05, 4.69) is 0 Å². The van der Waals surface area contributed by atoms with Gasteiger partial charge in [0.2, 0.25) is 5.91 Å². The Kier molecular flexibility index (Phi) is 9.93. The molecule has 220 valence electrons. The number of nitrogens with one attached hydrogen (secondary N) is 2. The molecule has 2 aromatic rings. The van der Waals surface area contributed by atoms with Crippen LogP contribution in [0.25, 0.3) is 5.83 Å². The van der Waals surface area contributed by atoms with Crippen molar-refractivity contribution < 1.29 is 53.5 Å². The van der Waals surface area contributed by atoms with Gasteiger partial charge >= 0.3 is 18.5 Å². The van der Waals surface area contributed by atoms with E-state index < -0.39 is 76.9 Å². The standard InChI is InChI=1S/C25H21ClF10N2O2/c1-11-6-15(7-12(2)20(11)26)17(24(31,32)33)9-19(27)14-4-5-16(18(8-14)25(34,35)36)22(40)38-13(3)21(39)37-10-23(28,29)30/h4-9,13,17H,10H2,1-3H3,(H,37,39)(H,38,40)/b19-9-/t13-,17?/m1/s1. The average Bonchev–Trinajstić information content (AvgIpc) is 2.81. The van der Waals surface area contributed by atoms with E-state index in [0.29, 0.717) is 12.1 Å². The molecular weight excluding hydrogens is 586 g/mol. The zero-order chi connectivity index (χ0) is 30.8. The van der Waals surface area contributed by atoms with Crippen LogP contribution in [0.5, 0.6) is 0 Å². The van der Waals surface area contributed by atoms with Gasteiger partial charge in [0.05, 0.1) is 11.1 Å². The Morgan fingerprint density at radius 3 is 1.98 bits per heavy atom. The van der Waals surface area contributed by atoms with Crippen LogP contribution in [0.15, 0.2) is 36.4 Å². The van der Waals surface area contributed by atoms with Gasteiger partial charge in [0.15, 0.2) is 0 Å². The number of allylic oxidation sites excluding steroid dienone is 1. The number of carbonyl (C=O) groups is 2. The van der Waals surface area contributed by atoms with Gasteiger partial charge in [0, 0.05) is 10.6 Å². The summed E-state index contributed by atoms with van der Waals surface area (Å²) >= 11 is 5.98. The fraction of sp³-hybridized carbons (Fsp3) is 0.360. The molecule has 1 unspecified atom stereocenters. The first kappa shape index (κ1) is 32.9. The van der Waals surface area contributed by atoms with Crippen LogP contribution in [0.1, 0.15) is 51.0 Å². The van der Waals surface area contributed by atoms with E-state index in [-0.39, 0.29) is 28.3 Å². The molecule has 2 atom stereocenters. The molecule has 0 spiro atoms. The molecule has 4 nitrogen and oxygen atoms in total. The second-order valence-corrected chi connectivity index (χ2v) is 9.17. The second-order valence-electron chi connectivity index (χ2n) is 8.79. The molecule has 0 saturated carbocycles. The minimum atomic E-state index is -5.31. The van der Waals surface area contributed by atoms with Crippen molar-refractivity contribution in [1.29, 1.82) is 0 Å². The number of hydrogen-bond acceptors (Lipinski definition) is 2. The number of benzene rings is 2. The molecule has 0 aliphatic heterocycles. The van der Waals surface area contributed by atoms with Gasteiger partial charge in [0.25, 0.3) is 5.91 Å². The van der Waals surface area contributed by atoms with Gasteiger partial charge in [-0.25, -0.2) is 4.39 Å². The van der Waals surface area contributed by atoms with Crippen molar-refractivity contribution in [3.05, 3.63) is 74.8 Å². The van der Waals surface area contributed by atoms with Crippen LogP contribution >= 0.6 is 11.6 Å². The molecule has 0 radical (unpaired) electrons. The second kappa shape index (κ2) is 12.1. The van der Waals surface area contributed by atoms with Crippen LogP contribution in [0.2, 0.25) is 5.02 Å². The van der Waals surface area contributed by atoms with Gasteiger partial charge in [-0.2, -0.15) is 39.5 Å². The summed E-state index contributed by atoms with van der Waals surface area (Å²) in [6.07, 6.45) is -15.0. The maximum atomic E-state index is 15.0. The Balaban J connectivity index is 2.45. The molecule has 40 heavy (non-hydrogen) atoms. The lowest BCUT2D eigenvalue weighted by Gasteiger charge is -2.20. The van der Waals surface area contributed by atoms with Crippen molar-refractivity contribution in [2.75, 3.05) is 6.54 Å². The van der Waals surface area contributed by atoms with E-state index >= 15 is 4.39 Å². The fourth-order valence-electron chi connectivity index (χ4n) is 3.59. The Morgan fingerprint density at radius 1 is 0.950 bits per heavy atom. The number of carbonyl (C=O) groups excluding carboxylic acids is 2. The zero-order valence-corrected chi connectivity index (χ0v) is 21.6. The first-order valence-corrected chi connectivity index (χ1v) is 11.6. The molecule has 0 saturated heterocycles. The number of halogens is 11. The maximum absolute atomic E-state index is 15.0. The van der Waals surface area contributed by atoms with Crippen molar-refractivity contribution in [2.45, 2.75) is 51.3 Å². The van der Waals surface area contributed by atoms with Crippen molar-refractivity contribution in [3.63, 3.8) is 0 Å². The van der Waals surface area contributed by atoms with Crippen molar-refractivity contribution in [2.24, 2.45) is 0 Å². The quantitative estimate of drug-likeness (QED) is 0.322. The normalized spacial score (nSPS) is 14.5. The summed E-state index contributed by atoms with van der Waals surface area (Å²) < 4.78 is 134. The summed E-state index contributed by atoms with van der Waals surface area (Å²) in [4.78, 5) is 24.2. The van der Waals surface area contributed by atoms with Gasteiger partial charge in [-0.15, -0.1) is 0 Å². The number of rotatable bonds is 7. The number of hydrogen-bond donors (Lipinski definition) is 2. The van der Waals surface area contributed by atoms with Crippen LogP contribution in [0, 0.1) is 13.8 Å². The van der Waals surface area contributed by atoms with Crippen molar-refractivity contribution in [1.82, 2.24) is 10.6 Å². The van der Waals surface area contributed by atoms with Gasteiger partial charge in [-0.1, -0.05) is 29.8 Å². The highest BCUT2D eigenvalue weighted by Gasteiger charge is 2.41. The highest BCUT2D eigenvalue weighted by atomic mass is 35.5. The molecule has 0 aromatic heterocycles. The molecule has 2 amide bonds. The molecule has 0 bridgehead atoms. The summed E-state index contributed by atoms with van der Waals surface area (Å²) in [5.74, 6) is -7.13. The predicted octanol–water partition coefficient (Wildman–Crippen LogP) is 7.43. The summed E-state index contributed by atoms with van der Waals surface area (Å²) in [6, 6.07) is 1.64. The maximum Gasteiger partial charge on any atom is 0.417 e. The Labute approximate surface area is 226 Å². The SMILES string of the molecule is Cc1cc(C(/C=C(\F)c2ccc(C(=O)N[C@H](C)C(=O)NCC(F)(F)F)c(C(F)(F)F)c2)C(F)(F)F)cc(C)c1Cl. The Hall–Kier alpha value is -3.29. The molecule has 2 N–H and O–H groups in total. The number of aryl methyl sites for hydroxylation is 2. The molecule has 0 heterocycles. The third-order valence-corrected chi connectivity index (χ3v) is 6.13. The number of alkyl halides is 9. The summed E-state index contributed by atoms with van der Waals surface area (Å²) in [6.45, 7) is 2.00. The number of amides is 2. The third-order valence-electron chi connectivity index (χ3n) is 5.53. The van der Waals surface area contributed by atoms with Crippen LogP contribution in [-0.2, 0) is 11.0 Å². The van der Waals surface area contributed by atoms with Gasteiger partial charge in [-0.3, -0.25) is 9.59 Å². The van der Waals surface area contributed by atoms with E-state index in [9.17, 15) is 49.1 Å². The van der Waals surface area contributed by atoms with E-state index in [1.165, 1.54) is 19.2 Å². The topological polar surface area (TPSA) is 58.2 Å². The van der Waals surface area contributed by atoms with Gasteiger partial charge in [0.1, 0.15) is 24.3 Å². The van der Waals surface area contributed by atoms with E-state index in [1.807, 2.05) is 0 Å². The van der Waals surface area contributed by atoms with Gasteiger partial charge in [-0.05, 0) is 55.7 Å². The van der Waals surface area contributed by atoms with E-state index in [1.54, 1.807) is 5.32 Å². The molecule has 2 rings (SSSR count). The summed E-state index contributed by atoms with van der Waals surface area (Å²) in [5.41, 5.74) is -3.72. The van der Waals surface area contributed by atoms with Crippen LogP contribution in [0.3, 0.4) is 0 Å². The van der Waals surface area contributed by atoms with Crippen molar-refractivity contribution >= 4 is 29.2 Å². The average molecular weight is 607 g/mol. The molecule has 0 aliphatic rings. The lowest BCUT2D eigenvalue weighted by molar-refractivity contribution is -0.140. The van der Waals surface area contributed by atoms with Crippen molar-refractivity contribution in [3.8, 4) is 0 Å². The van der Waals surface area contributed by atoms with Crippen LogP contribution in [0.4, 0.5) is 43.9 Å². The minimum Gasteiger partial charge on any atom is -0.345 e. The zero-order valence-electron chi connectivity index (χ0n) is 20.8. The molecule has 0 aliphatic carbocycles. The Bertz CT molecular complexity index is 1280. The molecule has 15 heteroatoms. The molecule has 0 fully saturated rings. The smallest absolute Gasteiger partial charge is 0.345 e. The largest absolute Gasteiger partial charge is 0.417 e. The third kappa shape index (κ3) is 8.60. The lowest BCUT2D eigenvalue weighted by atomic mass is 9.93. The fourth-order valence-corrected chi connectivity index (χ4v) is 3.70. The highest BCUT2D eigenvalue weighted by molar-refractivity contribution is 6.32. The van der Waals surface area contributed by atoms with Crippen LogP contribution in [-0.4, -0.2) is 36.8 Å².